The monoisotopic (exact) mass is 530 g/mol. The minimum absolute atomic E-state index is 0.0131. The normalized spacial score (nSPS) is 26.0. The number of Topliss-reactive ketones (excluding diaryl/α,β-unsaturated/α-hetero) is 2. The van der Waals surface area contributed by atoms with Crippen LogP contribution in [0.4, 0.5) is 0 Å². The number of allylic oxidation sites excluding steroid dienone is 1. The lowest BCUT2D eigenvalue weighted by atomic mass is 9.58. The summed E-state index contributed by atoms with van der Waals surface area (Å²) in [4.78, 5) is 40.6. The Hall–Kier alpha value is -4.59. The quantitative estimate of drug-likeness (QED) is 0.246. The zero-order chi connectivity index (χ0) is 28.4. The number of nitrogens with two attached hydrogens (primary N) is 1. The standard InChI is InChI=1S/C29H26N2O8/c1-31(2)23-18-12-15-11-17-14(7-6-13-4-3-5-16(32)10-13)8-9-19(33)21(17)24(34)20(15)26(36)29(18,39)27(37)22(25(23)35)28(30)38/h3-5,8-10,15,18,23,32-33,35-36,39H,11-12H2,1-2H3,(H2,30,38). The van der Waals surface area contributed by atoms with E-state index in [1.807, 2.05) is 0 Å². The minimum atomic E-state index is -2.69. The molecule has 0 bridgehead atoms. The second kappa shape index (κ2) is 9.01. The molecule has 10 heteroatoms. The molecule has 0 spiro atoms. The number of phenolic OH excluding ortho intramolecular Hbond substituents is 2. The summed E-state index contributed by atoms with van der Waals surface area (Å²) in [6.45, 7) is 0. The molecular formula is C29H26N2O8. The minimum Gasteiger partial charge on any atom is -0.510 e. The number of fused-ring (bicyclic) bond motifs is 3. The molecule has 0 fully saturated rings. The fourth-order valence-corrected chi connectivity index (χ4v) is 6.09. The Labute approximate surface area is 223 Å². The summed E-state index contributed by atoms with van der Waals surface area (Å²) in [5, 5.41) is 54.2. The maximum Gasteiger partial charge on any atom is 0.255 e. The number of aliphatic hydroxyl groups excluding tert-OH is 2. The molecule has 2 aromatic carbocycles. The van der Waals surface area contributed by atoms with Crippen LogP contribution >= 0.6 is 0 Å². The Morgan fingerprint density at radius 3 is 2.44 bits per heavy atom. The third-order valence-electron chi connectivity index (χ3n) is 7.79. The molecule has 0 heterocycles. The van der Waals surface area contributed by atoms with Crippen LogP contribution in [0.5, 0.6) is 11.5 Å². The zero-order valence-corrected chi connectivity index (χ0v) is 21.1. The molecule has 2 aromatic rings. The predicted molar refractivity (Wildman–Crippen MR) is 138 cm³/mol. The van der Waals surface area contributed by atoms with Crippen LogP contribution in [0.25, 0.3) is 0 Å². The Balaban J connectivity index is 1.67. The number of phenols is 2. The van der Waals surface area contributed by atoms with Gasteiger partial charge in [-0.2, -0.15) is 0 Å². The predicted octanol–water partition coefficient (Wildman–Crippen LogP) is 1.23. The Bertz CT molecular complexity index is 1590. The lowest BCUT2D eigenvalue weighted by molar-refractivity contribution is -0.148. The average molecular weight is 531 g/mol. The molecule has 1 amide bonds. The largest absolute Gasteiger partial charge is 0.510 e. The van der Waals surface area contributed by atoms with Gasteiger partial charge in [-0.3, -0.25) is 19.3 Å². The van der Waals surface area contributed by atoms with Gasteiger partial charge in [0.2, 0.25) is 5.78 Å². The highest BCUT2D eigenvalue weighted by Crippen LogP contribution is 2.52. The summed E-state index contributed by atoms with van der Waals surface area (Å²) in [5.41, 5.74) is 2.87. The molecule has 39 heavy (non-hydrogen) atoms. The van der Waals surface area contributed by atoms with Crippen LogP contribution in [-0.4, -0.2) is 73.6 Å². The second-order valence-corrected chi connectivity index (χ2v) is 10.2. The van der Waals surface area contributed by atoms with Crippen molar-refractivity contribution in [2.75, 3.05) is 14.1 Å². The van der Waals surface area contributed by atoms with Gasteiger partial charge < -0.3 is 31.3 Å². The van der Waals surface area contributed by atoms with E-state index in [0.29, 0.717) is 16.7 Å². The molecule has 200 valence electrons. The van der Waals surface area contributed by atoms with E-state index in [1.54, 1.807) is 32.3 Å². The topological polar surface area (TPSA) is 182 Å². The third kappa shape index (κ3) is 3.78. The van der Waals surface area contributed by atoms with E-state index in [-0.39, 0.29) is 35.5 Å². The van der Waals surface area contributed by atoms with Crippen LogP contribution in [0.1, 0.15) is 33.5 Å². The highest BCUT2D eigenvalue weighted by molar-refractivity contribution is 6.24. The van der Waals surface area contributed by atoms with Crippen molar-refractivity contribution >= 4 is 17.5 Å². The number of likely N-dealkylation sites (N-methyl/N-ethyl adjacent to an activating group) is 1. The Morgan fingerprint density at radius 2 is 1.79 bits per heavy atom. The van der Waals surface area contributed by atoms with Crippen LogP contribution in [0.2, 0.25) is 0 Å². The van der Waals surface area contributed by atoms with Gasteiger partial charge in [0.25, 0.3) is 5.91 Å². The number of hydrogen-bond acceptors (Lipinski definition) is 9. The van der Waals surface area contributed by atoms with Crippen molar-refractivity contribution in [1.82, 2.24) is 4.90 Å². The van der Waals surface area contributed by atoms with Gasteiger partial charge in [-0.15, -0.1) is 0 Å². The van der Waals surface area contributed by atoms with Gasteiger partial charge >= 0.3 is 0 Å². The number of aliphatic hydroxyl groups is 3. The van der Waals surface area contributed by atoms with Gasteiger partial charge in [0.05, 0.1) is 11.6 Å². The van der Waals surface area contributed by atoms with Crippen molar-refractivity contribution in [2.45, 2.75) is 24.5 Å². The van der Waals surface area contributed by atoms with Crippen LogP contribution < -0.4 is 5.73 Å². The molecule has 7 N–H and O–H groups in total. The van der Waals surface area contributed by atoms with Crippen LogP contribution in [0.15, 0.2) is 59.1 Å². The summed E-state index contributed by atoms with van der Waals surface area (Å²) in [6, 6.07) is 8.11. The van der Waals surface area contributed by atoms with Crippen molar-refractivity contribution in [3.8, 4) is 23.3 Å². The van der Waals surface area contributed by atoms with Gasteiger partial charge in [0.1, 0.15) is 28.6 Å². The molecular weight excluding hydrogens is 504 g/mol. The third-order valence-corrected chi connectivity index (χ3v) is 7.79. The fraction of sp³-hybridized carbons (Fsp3) is 0.276. The van der Waals surface area contributed by atoms with E-state index in [2.05, 4.69) is 11.8 Å². The number of aromatic hydroxyl groups is 2. The first-order chi connectivity index (χ1) is 18.4. The average Bonchev–Trinajstić information content (AvgIpc) is 2.85. The van der Waals surface area contributed by atoms with Gasteiger partial charge in [-0.1, -0.05) is 17.9 Å². The van der Waals surface area contributed by atoms with Crippen LogP contribution in [-0.2, 0) is 16.0 Å². The van der Waals surface area contributed by atoms with E-state index >= 15 is 0 Å². The molecule has 5 rings (SSSR count). The summed E-state index contributed by atoms with van der Waals surface area (Å²) in [6.07, 6.45) is 0.119. The number of hydrogen-bond donors (Lipinski definition) is 6. The number of benzene rings is 2. The Morgan fingerprint density at radius 1 is 1.08 bits per heavy atom. The maximum absolute atomic E-state index is 13.7. The summed E-state index contributed by atoms with van der Waals surface area (Å²) in [5.74, 6) is -1.09. The van der Waals surface area contributed by atoms with Crippen molar-refractivity contribution in [3.05, 3.63) is 81.3 Å². The SMILES string of the molecule is CN(C)C1C(O)=C(C(N)=O)C(=O)C2(O)C(O)=C3C(=O)c4c(O)ccc(C#Cc5cccc(O)c5)c4CC3CC12. The molecule has 0 saturated heterocycles. The van der Waals surface area contributed by atoms with Crippen molar-refractivity contribution < 1.29 is 39.9 Å². The highest BCUT2D eigenvalue weighted by Gasteiger charge is 2.63. The zero-order valence-electron chi connectivity index (χ0n) is 21.1. The second-order valence-electron chi connectivity index (χ2n) is 10.2. The molecule has 0 aliphatic heterocycles. The highest BCUT2D eigenvalue weighted by atomic mass is 16.3. The number of ketones is 2. The summed E-state index contributed by atoms with van der Waals surface area (Å²) in [7, 11) is 3.14. The number of rotatable bonds is 2. The van der Waals surface area contributed by atoms with Gasteiger partial charge in [0.15, 0.2) is 11.4 Å². The lowest BCUT2D eigenvalue weighted by Crippen LogP contribution is -2.63. The van der Waals surface area contributed by atoms with E-state index in [1.165, 1.54) is 23.1 Å². The molecule has 3 aliphatic rings. The summed E-state index contributed by atoms with van der Waals surface area (Å²) < 4.78 is 0. The number of amides is 1. The number of carbonyl (C=O) groups is 3. The number of nitrogens with zero attached hydrogens (tertiary/aromatic N) is 1. The van der Waals surface area contributed by atoms with Crippen molar-refractivity contribution in [2.24, 2.45) is 17.6 Å². The van der Waals surface area contributed by atoms with Crippen LogP contribution in [0.3, 0.4) is 0 Å². The van der Waals surface area contributed by atoms with E-state index in [0.717, 1.165) is 0 Å². The smallest absolute Gasteiger partial charge is 0.255 e. The molecule has 3 aliphatic carbocycles. The maximum atomic E-state index is 13.7. The first kappa shape index (κ1) is 26.0. The lowest BCUT2D eigenvalue weighted by Gasteiger charge is -2.50. The van der Waals surface area contributed by atoms with Gasteiger partial charge in [-0.05, 0) is 68.8 Å². The van der Waals surface area contributed by atoms with Gasteiger partial charge in [0, 0.05) is 22.6 Å². The van der Waals surface area contributed by atoms with Gasteiger partial charge in [-0.25, -0.2) is 0 Å². The Kier molecular flexibility index (Phi) is 6.01. The fourth-order valence-electron chi connectivity index (χ4n) is 6.09. The van der Waals surface area contributed by atoms with E-state index in [4.69, 9.17) is 5.73 Å². The van der Waals surface area contributed by atoms with E-state index < -0.39 is 58.0 Å². The molecule has 4 atom stereocenters. The van der Waals surface area contributed by atoms with Crippen LogP contribution in [0, 0.1) is 23.7 Å². The first-order valence-corrected chi connectivity index (χ1v) is 12.2. The van der Waals surface area contributed by atoms with E-state index in [9.17, 15) is 39.9 Å². The molecule has 4 unspecified atom stereocenters. The molecule has 0 aromatic heterocycles. The molecule has 0 radical (unpaired) electrons. The number of primary amides is 1. The molecule has 0 saturated carbocycles. The van der Waals surface area contributed by atoms with Crippen molar-refractivity contribution in [1.29, 1.82) is 0 Å². The summed E-state index contributed by atoms with van der Waals surface area (Å²) >= 11 is 0. The first-order valence-electron chi connectivity index (χ1n) is 12.2. The molecule has 10 nitrogen and oxygen atoms in total. The van der Waals surface area contributed by atoms with Crippen molar-refractivity contribution in [3.63, 3.8) is 0 Å². The number of carbonyl (C=O) groups excluding carboxylic acids is 3.